The Labute approximate surface area is 193 Å². The zero-order valence-corrected chi connectivity index (χ0v) is 18.7. The van der Waals surface area contributed by atoms with Gasteiger partial charge in [-0.05, 0) is 26.7 Å². The molecule has 1 heterocycles. The second-order valence-corrected chi connectivity index (χ2v) is 6.80. The third-order valence-electron chi connectivity index (χ3n) is 4.67. The molecule has 0 radical (unpaired) electrons. The Bertz CT molecular complexity index is 957. The number of hydrogen-bond donors (Lipinski definition) is 1. The van der Waals surface area contributed by atoms with Gasteiger partial charge in [0.25, 0.3) is 11.4 Å². The number of hydrogen-bond acceptors (Lipinski definition) is 12. The molecule has 1 aromatic rings. The van der Waals surface area contributed by atoms with Crippen molar-refractivity contribution in [2.45, 2.75) is 39.2 Å². The highest BCUT2D eigenvalue weighted by Crippen LogP contribution is 2.39. The van der Waals surface area contributed by atoms with Crippen LogP contribution in [0.15, 0.2) is 23.9 Å². The first kappa shape index (κ1) is 27.7. The van der Waals surface area contributed by atoms with E-state index in [0.29, 0.717) is 31.8 Å². The van der Waals surface area contributed by atoms with Gasteiger partial charge in [0.05, 0.1) is 46.5 Å². The number of allylic oxidation sites excluding steroid dienone is 1. The first-order chi connectivity index (χ1) is 15.9. The molecule has 0 bridgehead atoms. The lowest BCUT2D eigenvalue weighted by Gasteiger charge is -2.22. The van der Waals surface area contributed by atoms with Gasteiger partial charge < -0.3 is 19.5 Å². The number of phenols is 1. The largest absolute Gasteiger partial charge is 0.497 e. The molecule has 1 N–H and O–H groups in total. The summed E-state index contributed by atoms with van der Waals surface area (Å²) in [5, 5.41) is 40.2. The standard InChI is InChI=1S/C13H21NO4.C6H3N3O7/c1-4-17-12(15)8-10-6-7-11(14(10)3)9-13(16)18-5-2;10-6-4(8(13)14)1-3(7(11)12)2-5(6)9(15)16/h8,11H,4-7,9H2,1-3H3;1-2,10H. The van der Waals surface area contributed by atoms with Gasteiger partial charge in [0.1, 0.15) is 0 Å². The summed E-state index contributed by atoms with van der Waals surface area (Å²) in [6.07, 6.45) is 3.53. The molecule has 1 aliphatic rings. The smallest absolute Gasteiger partial charge is 0.332 e. The fourth-order valence-electron chi connectivity index (χ4n) is 3.04. The summed E-state index contributed by atoms with van der Waals surface area (Å²) in [6, 6.07) is 1.01. The van der Waals surface area contributed by atoms with Gasteiger partial charge in [0.15, 0.2) is 0 Å². The summed E-state index contributed by atoms with van der Waals surface area (Å²) in [6.45, 7) is 4.35. The third kappa shape index (κ3) is 7.68. The Morgan fingerprint density at radius 1 is 1.06 bits per heavy atom. The van der Waals surface area contributed by atoms with Gasteiger partial charge in [-0.15, -0.1) is 0 Å². The maximum Gasteiger partial charge on any atom is 0.332 e. The monoisotopic (exact) mass is 484 g/mol. The second-order valence-electron chi connectivity index (χ2n) is 6.80. The van der Waals surface area contributed by atoms with Crippen molar-refractivity contribution < 1.29 is 38.9 Å². The minimum Gasteiger partial charge on any atom is -0.497 e. The highest BCUT2D eigenvalue weighted by atomic mass is 16.6. The summed E-state index contributed by atoms with van der Waals surface area (Å²) in [4.78, 5) is 52.5. The molecule has 1 fully saturated rings. The number of phenolic OH excluding ortho intramolecular Hbond substituents is 1. The maximum atomic E-state index is 11.4. The van der Waals surface area contributed by atoms with E-state index >= 15 is 0 Å². The van der Waals surface area contributed by atoms with E-state index in [-0.39, 0.29) is 18.0 Å². The first-order valence-corrected chi connectivity index (χ1v) is 9.98. The lowest BCUT2D eigenvalue weighted by atomic mass is 10.1. The number of nitro groups is 3. The molecule has 34 heavy (non-hydrogen) atoms. The van der Waals surface area contributed by atoms with E-state index in [4.69, 9.17) is 14.6 Å². The maximum absolute atomic E-state index is 11.4. The zero-order chi connectivity index (χ0) is 26.0. The molecule has 15 heteroatoms. The van der Waals surface area contributed by atoms with Gasteiger partial charge in [0.2, 0.25) is 0 Å². The molecule has 0 aliphatic carbocycles. The minimum absolute atomic E-state index is 0.115. The van der Waals surface area contributed by atoms with E-state index in [1.165, 1.54) is 6.08 Å². The highest BCUT2D eigenvalue weighted by molar-refractivity contribution is 5.82. The number of nitrogens with zero attached hydrogens (tertiary/aromatic N) is 4. The van der Waals surface area contributed by atoms with Crippen LogP contribution >= 0.6 is 0 Å². The van der Waals surface area contributed by atoms with Crippen LogP contribution in [-0.4, -0.2) is 63.0 Å². The summed E-state index contributed by atoms with van der Waals surface area (Å²) < 4.78 is 9.80. The van der Waals surface area contributed by atoms with Crippen molar-refractivity contribution in [3.8, 4) is 5.75 Å². The summed E-state index contributed by atoms with van der Waals surface area (Å²) in [7, 11) is 1.89. The van der Waals surface area contributed by atoms with E-state index in [1.807, 2.05) is 11.9 Å². The molecular weight excluding hydrogens is 460 g/mol. The molecule has 1 aliphatic heterocycles. The van der Waals surface area contributed by atoms with Crippen LogP contribution in [0, 0.1) is 30.3 Å². The van der Waals surface area contributed by atoms with Crippen LogP contribution < -0.4 is 0 Å². The molecule has 0 spiro atoms. The van der Waals surface area contributed by atoms with Crippen molar-refractivity contribution in [2.24, 2.45) is 0 Å². The lowest BCUT2D eigenvalue weighted by molar-refractivity contribution is -0.404. The third-order valence-corrected chi connectivity index (χ3v) is 4.67. The molecule has 1 unspecified atom stereocenters. The number of nitro benzene ring substituents is 3. The molecule has 0 saturated carbocycles. The molecule has 15 nitrogen and oxygen atoms in total. The van der Waals surface area contributed by atoms with Crippen molar-refractivity contribution in [1.29, 1.82) is 0 Å². The van der Waals surface area contributed by atoms with Crippen molar-refractivity contribution in [2.75, 3.05) is 20.3 Å². The Hall–Kier alpha value is -4.30. The minimum atomic E-state index is -1.21. The Balaban J connectivity index is 0.000000342. The lowest BCUT2D eigenvalue weighted by Crippen LogP contribution is -2.27. The second kappa shape index (κ2) is 12.7. The van der Waals surface area contributed by atoms with E-state index in [9.17, 15) is 39.9 Å². The average Bonchev–Trinajstić information content (AvgIpc) is 3.07. The highest BCUT2D eigenvalue weighted by Gasteiger charge is 2.30. The number of carbonyl (C=O) groups is 2. The number of carbonyl (C=O) groups excluding carboxylic acids is 2. The summed E-state index contributed by atoms with van der Waals surface area (Å²) in [5.74, 6) is -1.72. The van der Waals surface area contributed by atoms with E-state index in [0.717, 1.165) is 18.5 Å². The molecule has 0 amide bonds. The Morgan fingerprint density at radius 3 is 2.03 bits per heavy atom. The SMILES string of the molecule is CCOC(=O)C=C1CCC(CC(=O)OCC)N1C.O=[N+]([O-])c1cc([N+](=O)[O-])c(O)c([N+](=O)[O-])c1. The Kier molecular flexibility index (Phi) is 10.3. The fourth-order valence-corrected chi connectivity index (χ4v) is 3.04. The van der Waals surface area contributed by atoms with Crippen LogP contribution in [0.5, 0.6) is 5.75 Å². The van der Waals surface area contributed by atoms with Crippen molar-refractivity contribution in [3.63, 3.8) is 0 Å². The van der Waals surface area contributed by atoms with Gasteiger partial charge in [-0.1, -0.05) is 0 Å². The molecule has 1 saturated heterocycles. The number of non-ortho nitro benzene ring substituents is 1. The van der Waals surface area contributed by atoms with E-state index < -0.39 is 37.6 Å². The molecule has 1 aromatic carbocycles. The topological polar surface area (TPSA) is 205 Å². The average molecular weight is 484 g/mol. The van der Waals surface area contributed by atoms with Gasteiger partial charge in [0, 0.05) is 24.9 Å². The van der Waals surface area contributed by atoms with Gasteiger partial charge in [-0.25, -0.2) is 4.79 Å². The van der Waals surface area contributed by atoms with Crippen molar-refractivity contribution >= 4 is 29.0 Å². The Morgan fingerprint density at radius 2 is 1.59 bits per heavy atom. The fraction of sp³-hybridized carbons (Fsp3) is 0.474. The molecule has 186 valence electrons. The quantitative estimate of drug-likeness (QED) is 0.244. The van der Waals surface area contributed by atoms with E-state index in [2.05, 4.69) is 0 Å². The number of benzene rings is 1. The van der Waals surface area contributed by atoms with Crippen LogP contribution in [0.3, 0.4) is 0 Å². The predicted octanol–water partition coefficient (Wildman–Crippen LogP) is 2.60. The first-order valence-electron chi connectivity index (χ1n) is 9.98. The van der Waals surface area contributed by atoms with Gasteiger partial charge in [-0.2, -0.15) is 0 Å². The van der Waals surface area contributed by atoms with Gasteiger partial charge >= 0.3 is 23.3 Å². The number of ether oxygens (including phenoxy) is 2. The van der Waals surface area contributed by atoms with Crippen LogP contribution in [0.25, 0.3) is 0 Å². The molecule has 2 rings (SSSR count). The summed E-state index contributed by atoms with van der Waals surface area (Å²) in [5.41, 5.74) is -2.08. The van der Waals surface area contributed by atoms with Crippen molar-refractivity contribution in [3.05, 3.63) is 54.2 Å². The van der Waals surface area contributed by atoms with Crippen LogP contribution in [0.4, 0.5) is 17.1 Å². The summed E-state index contributed by atoms with van der Waals surface area (Å²) >= 11 is 0. The normalized spacial score (nSPS) is 15.8. The number of rotatable bonds is 8. The van der Waals surface area contributed by atoms with E-state index in [1.54, 1.807) is 13.8 Å². The zero-order valence-electron chi connectivity index (χ0n) is 18.7. The number of esters is 2. The van der Waals surface area contributed by atoms with Crippen molar-refractivity contribution in [1.82, 2.24) is 4.90 Å². The predicted molar refractivity (Wildman–Crippen MR) is 115 cm³/mol. The van der Waals surface area contributed by atoms with Crippen LogP contribution in [-0.2, 0) is 19.1 Å². The number of aromatic hydroxyl groups is 1. The molecule has 1 atom stereocenters. The van der Waals surface area contributed by atoms with Gasteiger partial charge in [-0.3, -0.25) is 35.1 Å². The molecular formula is C19H24N4O11. The van der Waals surface area contributed by atoms with Crippen LogP contribution in [0.1, 0.15) is 33.1 Å². The molecule has 0 aromatic heterocycles. The van der Waals surface area contributed by atoms with Crippen LogP contribution in [0.2, 0.25) is 0 Å². The number of likely N-dealkylation sites (tertiary alicyclic amines) is 1.